The lowest BCUT2D eigenvalue weighted by Gasteiger charge is -2.26. The van der Waals surface area contributed by atoms with Gasteiger partial charge >= 0.3 is 0 Å². The van der Waals surface area contributed by atoms with Gasteiger partial charge in [-0.25, -0.2) is 0 Å². The number of benzene rings is 1. The first kappa shape index (κ1) is 14.6. The van der Waals surface area contributed by atoms with Gasteiger partial charge in [0.25, 0.3) is 0 Å². The third-order valence-corrected chi connectivity index (χ3v) is 4.46. The van der Waals surface area contributed by atoms with Gasteiger partial charge in [0.05, 0.1) is 0 Å². The molecule has 1 aliphatic carbocycles. The van der Waals surface area contributed by atoms with Crippen LogP contribution < -0.4 is 5.32 Å². The van der Waals surface area contributed by atoms with Crippen molar-refractivity contribution in [1.82, 2.24) is 5.32 Å². The molecular formula is C18H29N. The Morgan fingerprint density at radius 1 is 1.05 bits per heavy atom. The molecule has 0 saturated heterocycles. The second kappa shape index (κ2) is 8.37. The number of nitrogens with one attached hydrogen (secondary N) is 1. The van der Waals surface area contributed by atoms with E-state index in [9.17, 15) is 0 Å². The van der Waals surface area contributed by atoms with Crippen molar-refractivity contribution in [3.05, 3.63) is 35.9 Å². The second-order valence-corrected chi connectivity index (χ2v) is 5.98. The van der Waals surface area contributed by atoms with E-state index in [2.05, 4.69) is 42.6 Å². The van der Waals surface area contributed by atoms with Crippen molar-refractivity contribution < 1.29 is 0 Å². The van der Waals surface area contributed by atoms with Gasteiger partial charge in [-0.2, -0.15) is 0 Å². The van der Waals surface area contributed by atoms with E-state index in [4.69, 9.17) is 0 Å². The molecule has 2 unspecified atom stereocenters. The molecule has 2 atom stereocenters. The predicted octanol–water partition coefficient (Wildman–Crippen LogP) is 4.57. The van der Waals surface area contributed by atoms with Gasteiger partial charge in [0, 0.05) is 6.04 Å². The fourth-order valence-electron chi connectivity index (χ4n) is 3.33. The summed E-state index contributed by atoms with van der Waals surface area (Å²) < 4.78 is 0. The first-order chi connectivity index (χ1) is 9.40. The molecule has 106 valence electrons. The lowest BCUT2D eigenvalue weighted by atomic mass is 9.88. The maximum absolute atomic E-state index is 3.80. The van der Waals surface area contributed by atoms with Crippen LogP contribution in [0.2, 0.25) is 0 Å². The molecule has 1 heteroatoms. The van der Waals surface area contributed by atoms with Crippen molar-refractivity contribution in [2.24, 2.45) is 5.92 Å². The third-order valence-electron chi connectivity index (χ3n) is 4.46. The molecule has 1 saturated carbocycles. The molecule has 1 aromatic carbocycles. The van der Waals surface area contributed by atoms with Crippen LogP contribution in [-0.4, -0.2) is 12.6 Å². The lowest BCUT2D eigenvalue weighted by Crippen LogP contribution is -2.36. The molecule has 0 aromatic heterocycles. The van der Waals surface area contributed by atoms with Gasteiger partial charge in [-0.1, -0.05) is 56.5 Å². The first-order valence-corrected chi connectivity index (χ1v) is 8.17. The van der Waals surface area contributed by atoms with E-state index in [1.807, 2.05) is 0 Å². The Bertz CT molecular complexity index is 333. The summed E-state index contributed by atoms with van der Waals surface area (Å²) in [5.74, 6) is 0.884. The van der Waals surface area contributed by atoms with Crippen molar-refractivity contribution in [2.45, 2.75) is 64.3 Å². The minimum atomic E-state index is 0.770. The highest BCUT2D eigenvalue weighted by Gasteiger charge is 2.22. The highest BCUT2D eigenvalue weighted by atomic mass is 14.9. The maximum Gasteiger partial charge on any atom is 0.00954 e. The summed E-state index contributed by atoms with van der Waals surface area (Å²) in [6.45, 7) is 3.45. The Morgan fingerprint density at radius 2 is 1.84 bits per heavy atom. The normalized spacial score (nSPS) is 24.1. The fourth-order valence-corrected chi connectivity index (χ4v) is 3.33. The first-order valence-electron chi connectivity index (χ1n) is 8.17. The zero-order valence-electron chi connectivity index (χ0n) is 12.4. The van der Waals surface area contributed by atoms with Gasteiger partial charge in [0.1, 0.15) is 0 Å². The zero-order chi connectivity index (χ0) is 13.3. The quantitative estimate of drug-likeness (QED) is 0.738. The summed E-state index contributed by atoms with van der Waals surface area (Å²) in [4.78, 5) is 0. The van der Waals surface area contributed by atoms with Gasteiger partial charge in [-0.05, 0) is 50.1 Å². The van der Waals surface area contributed by atoms with Crippen LogP contribution in [0.3, 0.4) is 0 Å². The van der Waals surface area contributed by atoms with Crippen molar-refractivity contribution in [3.63, 3.8) is 0 Å². The molecule has 0 heterocycles. The average Bonchev–Trinajstić information content (AvgIpc) is 2.69. The summed E-state index contributed by atoms with van der Waals surface area (Å²) in [7, 11) is 0. The largest absolute Gasteiger partial charge is 0.314 e. The minimum Gasteiger partial charge on any atom is -0.314 e. The van der Waals surface area contributed by atoms with Gasteiger partial charge in [-0.3, -0.25) is 0 Å². The van der Waals surface area contributed by atoms with Crippen LogP contribution in [0.4, 0.5) is 0 Å². The average molecular weight is 259 g/mol. The highest BCUT2D eigenvalue weighted by Crippen LogP contribution is 2.27. The Kier molecular flexibility index (Phi) is 6.43. The van der Waals surface area contributed by atoms with Crippen LogP contribution in [-0.2, 0) is 6.42 Å². The molecule has 1 fully saturated rings. The number of hydrogen-bond donors (Lipinski definition) is 1. The predicted molar refractivity (Wildman–Crippen MR) is 83.4 cm³/mol. The topological polar surface area (TPSA) is 12.0 Å². The molecule has 1 N–H and O–H groups in total. The molecule has 0 aliphatic heterocycles. The Hall–Kier alpha value is -0.820. The summed E-state index contributed by atoms with van der Waals surface area (Å²) in [5, 5.41) is 3.80. The monoisotopic (exact) mass is 259 g/mol. The van der Waals surface area contributed by atoms with E-state index >= 15 is 0 Å². The van der Waals surface area contributed by atoms with E-state index < -0.39 is 0 Å². The fraction of sp³-hybridized carbons (Fsp3) is 0.667. The Balaban J connectivity index is 1.86. The molecule has 1 aliphatic rings. The van der Waals surface area contributed by atoms with Crippen molar-refractivity contribution in [1.29, 1.82) is 0 Å². The van der Waals surface area contributed by atoms with E-state index in [-0.39, 0.29) is 0 Å². The standard InChI is InChI=1S/C18H29N/c1-2-15-19-18-12-8-4-7-11-17(18)14-13-16-9-5-3-6-10-16/h3,5-6,9-10,17-19H,2,4,7-8,11-15H2,1H3. The van der Waals surface area contributed by atoms with Crippen molar-refractivity contribution in [2.75, 3.05) is 6.54 Å². The van der Waals surface area contributed by atoms with E-state index in [0.717, 1.165) is 12.0 Å². The van der Waals surface area contributed by atoms with Crippen LogP contribution >= 0.6 is 0 Å². The van der Waals surface area contributed by atoms with Crippen molar-refractivity contribution >= 4 is 0 Å². The minimum absolute atomic E-state index is 0.770. The summed E-state index contributed by atoms with van der Waals surface area (Å²) in [6, 6.07) is 11.7. The lowest BCUT2D eigenvalue weighted by molar-refractivity contribution is 0.317. The van der Waals surface area contributed by atoms with Gasteiger partial charge in [-0.15, -0.1) is 0 Å². The number of rotatable bonds is 6. The third kappa shape index (κ3) is 4.99. The van der Waals surface area contributed by atoms with Crippen LogP contribution in [0.25, 0.3) is 0 Å². The summed E-state index contributed by atoms with van der Waals surface area (Å²) in [5.41, 5.74) is 1.50. The SMILES string of the molecule is CCCNC1CCCCCC1CCc1ccccc1. The zero-order valence-corrected chi connectivity index (χ0v) is 12.4. The molecule has 19 heavy (non-hydrogen) atoms. The van der Waals surface area contributed by atoms with Gasteiger partial charge in [0.15, 0.2) is 0 Å². The Morgan fingerprint density at radius 3 is 2.63 bits per heavy atom. The Labute approximate surface area is 118 Å². The van der Waals surface area contributed by atoms with Crippen LogP contribution in [0.5, 0.6) is 0 Å². The van der Waals surface area contributed by atoms with E-state index in [0.29, 0.717) is 0 Å². The molecule has 1 aromatic rings. The molecule has 0 bridgehead atoms. The van der Waals surface area contributed by atoms with Crippen LogP contribution in [0, 0.1) is 5.92 Å². The summed E-state index contributed by atoms with van der Waals surface area (Å²) >= 11 is 0. The smallest absolute Gasteiger partial charge is 0.00954 e. The maximum atomic E-state index is 3.80. The van der Waals surface area contributed by atoms with E-state index in [1.165, 1.54) is 63.5 Å². The van der Waals surface area contributed by atoms with Gasteiger partial charge in [0.2, 0.25) is 0 Å². The number of hydrogen-bond acceptors (Lipinski definition) is 1. The van der Waals surface area contributed by atoms with Crippen molar-refractivity contribution in [3.8, 4) is 0 Å². The highest BCUT2D eigenvalue weighted by molar-refractivity contribution is 5.14. The molecular weight excluding hydrogens is 230 g/mol. The van der Waals surface area contributed by atoms with Crippen LogP contribution in [0.1, 0.15) is 57.4 Å². The van der Waals surface area contributed by atoms with Crippen LogP contribution in [0.15, 0.2) is 30.3 Å². The summed E-state index contributed by atoms with van der Waals surface area (Å²) in [6.07, 6.45) is 11.0. The second-order valence-electron chi connectivity index (χ2n) is 5.98. The molecule has 2 rings (SSSR count). The molecule has 1 nitrogen and oxygen atoms in total. The number of aryl methyl sites for hydroxylation is 1. The van der Waals surface area contributed by atoms with Gasteiger partial charge < -0.3 is 5.32 Å². The van der Waals surface area contributed by atoms with E-state index in [1.54, 1.807) is 0 Å². The molecule has 0 amide bonds. The molecule has 0 radical (unpaired) electrons. The molecule has 0 spiro atoms.